The largest absolute Gasteiger partial charge is 0.493 e. The maximum Gasteiger partial charge on any atom is 0.290 e. The lowest BCUT2D eigenvalue weighted by atomic mass is 10.1. The summed E-state index contributed by atoms with van der Waals surface area (Å²) in [6.07, 6.45) is 1.58. The smallest absolute Gasteiger partial charge is 0.290 e. The Morgan fingerprint density at radius 2 is 1.91 bits per heavy atom. The van der Waals surface area contributed by atoms with E-state index in [-0.39, 0.29) is 16.4 Å². The first-order valence-electron chi connectivity index (χ1n) is 9.87. The normalized spacial score (nSPS) is 14.8. The number of ether oxygens (including phenoxy) is 1. The molecule has 2 amide bonds. The molecule has 1 aliphatic rings. The van der Waals surface area contributed by atoms with Gasteiger partial charge in [0.25, 0.3) is 11.1 Å². The molecule has 0 saturated carbocycles. The van der Waals surface area contributed by atoms with Crippen molar-refractivity contribution in [1.29, 1.82) is 0 Å². The van der Waals surface area contributed by atoms with E-state index in [1.54, 1.807) is 31.2 Å². The summed E-state index contributed by atoms with van der Waals surface area (Å²) in [4.78, 5) is 41.1. The number of aromatic nitrogens is 1. The van der Waals surface area contributed by atoms with Crippen LogP contribution in [0.5, 0.6) is 5.75 Å². The molecule has 0 unspecified atom stereocenters. The lowest BCUT2D eigenvalue weighted by Crippen LogP contribution is -2.17. The maximum absolute atomic E-state index is 13.2. The highest BCUT2D eigenvalue weighted by Gasteiger charge is 2.26. The lowest BCUT2D eigenvalue weighted by Gasteiger charge is -2.03. The van der Waals surface area contributed by atoms with Crippen molar-refractivity contribution in [3.8, 4) is 17.2 Å². The van der Waals surface area contributed by atoms with E-state index in [9.17, 15) is 14.4 Å². The van der Waals surface area contributed by atoms with Gasteiger partial charge in [-0.2, -0.15) is 0 Å². The second-order valence-corrected chi connectivity index (χ2v) is 8.24. The Hall–Kier alpha value is -4.11. The van der Waals surface area contributed by atoms with E-state index < -0.39 is 16.9 Å². The Bertz CT molecular complexity index is 1470. The molecule has 0 aliphatic carbocycles. The summed E-state index contributed by atoms with van der Waals surface area (Å²) in [5, 5.41) is 2.39. The van der Waals surface area contributed by atoms with Gasteiger partial charge in [0, 0.05) is 10.9 Å². The molecule has 9 heteroatoms. The van der Waals surface area contributed by atoms with Crippen molar-refractivity contribution < 1.29 is 28.0 Å². The molecule has 1 saturated heterocycles. The zero-order valence-electron chi connectivity index (χ0n) is 17.5. The molecule has 2 aromatic carbocycles. The van der Waals surface area contributed by atoms with Gasteiger partial charge in [0.2, 0.25) is 11.7 Å². The summed E-state index contributed by atoms with van der Waals surface area (Å²) in [5.41, 5.74) is 1.92. The van der Waals surface area contributed by atoms with Gasteiger partial charge in [-0.1, -0.05) is 18.2 Å². The number of oxazole rings is 1. The number of rotatable bonds is 5. The fraction of sp³-hybridized carbons (Fsp3) is 0.0833. The third-order valence-electron chi connectivity index (χ3n) is 5.02. The Labute approximate surface area is 191 Å². The molecule has 8 nitrogen and oxygen atoms in total. The van der Waals surface area contributed by atoms with E-state index in [0.29, 0.717) is 33.9 Å². The standard InChI is InChI=1S/C24H16N2O6S/c1-12-19(25-23(31-12)14-6-4-3-5-7-14)20(27)16-11-15-8-13(9-17(30-2)21(15)32-16)10-18-22(28)26-24(29)33-18/h3-11H,1-2H3,(H,26,28,29). The number of furan rings is 1. The average Bonchev–Trinajstić information content (AvgIpc) is 3.50. The minimum Gasteiger partial charge on any atom is -0.493 e. The van der Waals surface area contributed by atoms with Crippen LogP contribution >= 0.6 is 11.8 Å². The van der Waals surface area contributed by atoms with Gasteiger partial charge in [0.1, 0.15) is 5.76 Å². The highest BCUT2D eigenvalue weighted by molar-refractivity contribution is 8.18. The minimum absolute atomic E-state index is 0.0762. The highest BCUT2D eigenvalue weighted by Crippen LogP contribution is 2.34. The molecular formula is C24H16N2O6S. The Kier molecular flexibility index (Phi) is 5.10. The second-order valence-electron chi connectivity index (χ2n) is 7.22. The van der Waals surface area contributed by atoms with Crippen LogP contribution in [0.3, 0.4) is 0 Å². The Morgan fingerprint density at radius 1 is 1.12 bits per heavy atom. The summed E-state index contributed by atoms with van der Waals surface area (Å²) in [5.74, 6) is 0.310. The second kappa shape index (κ2) is 8.10. The van der Waals surface area contributed by atoms with Gasteiger partial charge < -0.3 is 13.6 Å². The zero-order chi connectivity index (χ0) is 23.1. The van der Waals surface area contributed by atoms with Crippen LogP contribution in [0.15, 0.2) is 62.3 Å². The van der Waals surface area contributed by atoms with Crippen LogP contribution in [0.1, 0.15) is 27.6 Å². The number of hydrogen-bond donors (Lipinski definition) is 1. The molecule has 5 rings (SSSR count). The fourth-order valence-corrected chi connectivity index (χ4v) is 4.17. The number of fused-ring (bicyclic) bond motifs is 1. The molecule has 0 bridgehead atoms. The maximum atomic E-state index is 13.2. The third kappa shape index (κ3) is 3.83. The van der Waals surface area contributed by atoms with Crippen molar-refractivity contribution >= 4 is 45.7 Å². The van der Waals surface area contributed by atoms with Gasteiger partial charge in [0.05, 0.1) is 12.0 Å². The topological polar surface area (TPSA) is 112 Å². The van der Waals surface area contributed by atoms with Crippen molar-refractivity contribution in [1.82, 2.24) is 10.3 Å². The van der Waals surface area contributed by atoms with E-state index >= 15 is 0 Å². The number of methoxy groups -OCH3 is 1. The summed E-state index contributed by atoms with van der Waals surface area (Å²) in [6, 6.07) is 14.3. The first-order valence-corrected chi connectivity index (χ1v) is 10.7. The fourth-order valence-electron chi connectivity index (χ4n) is 3.49. The molecule has 1 fully saturated rings. The van der Waals surface area contributed by atoms with Gasteiger partial charge in [-0.25, -0.2) is 4.98 Å². The van der Waals surface area contributed by atoms with Crippen LogP contribution in [0.2, 0.25) is 0 Å². The van der Waals surface area contributed by atoms with E-state index in [4.69, 9.17) is 13.6 Å². The first kappa shape index (κ1) is 20.8. The number of thioether (sulfide) groups is 1. The number of carbonyl (C=O) groups is 3. The Balaban J connectivity index is 1.53. The van der Waals surface area contributed by atoms with Crippen molar-refractivity contribution in [2.24, 2.45) is 0 Å². The van der Waals surface area contributed by atoms with Gasteiger partial charge >= 0.3 is 0 Å². The third-order valence-corrected chi connectivity index (χ3v) is 5.83. The molecule has 0 radical (unpaired) electrons. The lowest BCUT2D eigenvalue weighted by molar-refractivity contribution is -0.115. The number of imide groups is 1. The van der Waals surface area contributed by atoms with Crippen LogP contribution in [0, 0.1) is 6.92 Å². The van der Waals surface area contributed by atoms with E-state index in [1.807, 2.05) is 30.3 Å². The van der Waals surface area contributed by atoms with Crippen LogP contribution in [0.4, 0.5) is 4.79 Å². The molecule has 4 aromatic rings. The molecule has 33 heavy (non-hydrogen) atoms. The first-order chi connectivity index (χ1) is 15.9. The molecule has 164 valence electrons. The summed E-state index contributed by atoms with van der Waals surface area (Å²) < 4.78 is 16.9. The molecular weight excluding hydrogens is 444 g/mol. The summed E-state index contributed by atoms with van der Waals surface area (Å²) in [6.45, 7) is 1.67. The van der Waals surface area contributed by atoms with Crippen LogP contribution in [0.25, 0.3) is 28.5 Å². The SMILES string of the molecule is COc1cc(C=C2SC(=O)NC2=O)cc2cc(C(=O)c3nc(-c4ccccc4)oc3C)oc12. The van der Waals surface area contributed by atoms with Crippen molar-refractivity contribution in [2.45, 2.75) is 6.92 Å². The molecule has 1 N–H and O–H groups in total. The molecule has 0 spiro atoms. The van der Waals surface area contributed by atoms with Crippen molar-refractivity contribution in [2.75, 3.05) is 7.11 Å². The Morgan fingerprint density at radius 3 is 2.61 bits per heavy atom. The number of hydrogen-bond acceptors (Lipinski definition) is 8. The molecule has 2 aromatic heterocycles. The highest BCUT2D eigenvalue weighted by atomic mass is 32.2. The number of nitrogens with one attached hydrogen (secondary N) is 1. The summed E-state index contributed by atoms with van der Waals surface area (Å²) >= 11 is 0.821. The number of nitrogens with zero attached hydrogens (tertiary/aromatic N) is 1. The van der Waals surface area contributed by atoms with Crippen LogP contribution in [-0.2, 0) is 4.79 Å². The van der Waals surface area contributed by atoms with E-state index in [1.165, 1.54) is 7.11 Å². The number of carbonyl (C=O) groups excluding carboxylic acids is 3. The molecule has 1 aliphatic heterocycles. The molecule has 3 heterocycles. The van der Waals surface area contributed by atoms with Crippen LogP contribution in [-0.4, -0.2) is 29.0 Å². The average molecular weight is 460 g/mol. The number of ketones is 1. The predicted octanol–water partition coefficient (Wildman–Crippen LogP) is 4.96. The van der Waals surface area contributed by atoms with Crippen molar-refractivity contribution in [3.05, 3.63) is 76.2 Å². The van der Waals surface area contributed by atoms with Gasteiger partial charge in [-0.05, 0) is 60.7 Å². The summed E-state index contributed by atoms with van der Waals surface area (Å²) in [7, 11) is 1.48. The number of aryl methyl sites for hydroxylation is 1. The van der Waals surface area contributed by atoms with Gasteiger partial charge in [-0.3, -0.25) is 19.7 Å². The minimum atomic E-state index is -0.456. The molecule has 0 atom stereocenters. The van der Waals surface area contributed by atoms with E-state index in [0.717, 1.165) is 17.3 Å². The van der Waals surface area contributed by atoms with Gasteiger partial charge in [-0.15, -0.1) is 0 Å². The van der Waals surface area contributed by atoms with Gasteiger partial charge in [0.15, 0.2) is 22.8 Å². The zero-order valence-corrected chi connectivity index (χ0v) is 18.3. The van der Waals surface area contributed by atoms with E-state index in [2.05, 4.69) is 10.3 Å². The monoisotopic (exact) mass is 460 g/mol. The van der Waals surface area contributed by atoms with Crippen LogP contribution < -0.4 is 10.1 Å². The predicted molar refractivity (Wildman–Crippen MR) is 122 cm³/mol. The number of amides is 2. The quantitative estimate of drug-likeness (QED) is 0.329. The number of benzene rings is 2. The van der Waals surface area contributed by atoms with Crippen molar-refractivity contribution in [3.63, 3.8) is 0 Å².